The molecule has 1 aliphatic heterocycles. The van der Waals surface area contributed by atoms with E-state index in [2.05, 4.69) is 9.80 Å². The Hall–Kier alpha value is -1.53. The molecule has 0 atom stereocenters. The van der Waals surface area contributed by atoms with E-state index < -0.39 is 5.43 Å². The zero-order valence-electron chi connectivity index (χ0n) is 14.0. The van der Waals surface area contributed by atoms with Crippen LogP contribution in [-0.2, 0) is 13.1 Å². The molecule has 7 heteroatoms. The number of aryl methyl sites for hydroxylation is 1. The van der Waals surface area contributed by atoms with Crippen molar-refractivity contribution in [3.05, 3.63) is 61.6 Å². The molecule has 0 aliphatic carbocycles. The minimum atomic E-state index is -0.394. The lowest BCUT2D eigenvalue weighted by molar-refractivity contribution is 0.113. The maximum absolute atomic E-state index is 11.7. The average molecular weight is 383 g/mol. The highest BCUT2D eigenvalue weighted by Crippen LogP contribution is 2.23. The van der Waals surface area contributed by atoms with Crippen LogP contribution in [0.1, 0.15) is 17.1 Å². The highest BCUT2D eigenvalue weighted by molar-refractivity contribution is 6.35. The Kier molecular flexibility index (Phi) is 5.69. The molecule has 0 unspecified atom stereocenters. The molecule has 1 saturated heterocycles. The zero-order chi connectivity index (χ0) is 18.0. The quantitative estimate of drug-likeness (QED) is 0.878. The Balaban J connectivity index is 1.58. The number of nitrogens with zero attached hydrogens (tertiary/aromatic N) is 2. The van der Waals surface area contributed by atoms with E-state index in [-0.39, 0.29) is 5.75 Å². The largest absolute Gasteiger partial charge is 0.502 e. The number of halogens is 2. The molecule has 1 aromatic heterocycles. The van der Waals surface area contributed by atoms with Crippen LogP contribution in [0.3, 0.4) is 0 Å². The molecule has 25 heavy (non-hydrogen) atoms. The van der Waals surface area contributed by atoms with Gasteiger partial charge in [0.2, 0.25) is 11.2 Å². The number of benzene rings is 1. The third-order valence-electron chi connectivity index (χ3n) is 4.36. The summed E-state index contributed by atoms with van der Waals surface area (Å²) in [6, 6.07) is 6.86. The Morgan fingerprint density at radius 2 is 1.72 bits per heavy atom. The second kappa shape index (κ2) is 7.79. The van der Waals surface area contributed by atoms with Crippen LogP contribution in [0.4, 0.5) is 0 Å². The highest BCUT2D eigenvalue weighted by Gasteiger charge is 2.20. The van der Waals surface area contributed by atoms with Gasteiger partial charge in [-0.05, 0) is 24.6 Å². The lowest BCUT2D eigenvalue weighted by Crippen LogP contribution is -2.45. The second-order valence-corrected chi connectivity index (χ2v) is 7.12. The summed E-state index contributed by atoms with van der Waals surface area (Å²) in [5.41, 5.74) is 0.664. The van der Waals surface area contributed by atoms with Crippen molar-refractivity contribution in [1.82, 2.24) is 9.80 Å². The normalized spacial score (nSPS) is 16.3. The molecule has 3 rings (SSSR count). The standard InChI is InChI=1S/C18H20Cl2N2O3/c1-12-8-16(23)18(24)17(25-12)11-22-6-4-21(5-7-22)10-13-2-3-14(19)9-15(13)20/h2-3,8-9,24H,4-7,10-11H2,1H3. The van der Waals surface area contributed by atoms with E-state index in [1.807, 2.05) is 12.1 Å². The minimum Gasteiger partial charge on any atom is -0.502 e. The van der Waals surface area contributed by atoms with Crippen LogP contribution < -0.4 is 5.43 Å². The van der Waals surface area contributed by atoms with Crippen molar-refractivity contribution in [3.63, 3.8) is 0 Å². The third-order valence-corrected chi connectivity index (χ3v) is 4.94. The summed E-state index contributed by atoms with van der Waals surface area (Å²) in [5, 5.41) is 11.2. The molecule has 2 aromatic rings. The molecule has 0 amide bonds. The lowest BCUT2D eigenvalue weighted by Gasteiger charge is -2.34. The number of hydrogen-bond acceptors (Lipinski definition) is 5. The zero-order valence-corrected chi connectivity index (χ0v) is 15.5. The number of hydrogen-bond donors (Lipinski definition) is 1. The van der Waals surface area contributed by atoms with E-state index in [1.54, 1.807) is 13.0 Å². The van der Waals surface area contributed by atoms with Gasteiger partial charge in [0.1, 0.15) is 5.76 Å². The predicted molar refractivity (Wildman–Crippen MR) is 98.4 cm³/mol. The minimum absolute atomic E-state index is 0.291. The average Bonchev–Trinajstić information content (AvgIpc) is 2.56. The van der Waals surface area contributed by atoms with Gasteiger partial charge in [-0.15, -0.1) is 0 Å². The fourth-order valence-corrected chi connectivity index (χ4v) is 3.44. The molecule has 2 heterocycles. The van der Waals surface area contributed by atoms with Gasteiger partial charge in [0.25, 0.3) is 0 Å². The fourth-order valence-electron chi connectivity index (χ4n) is 2.97. The van der Waals surface area contributed by atoms with E-state index in [0.29, 0.717) is 28.1 Å². The first-order chi connectivity index (χ1) is 11.9. The molecule has 0 spiro atoms. The Morgan fingerprint density at radius 3 is 2.36 bits per heavy atom. The summed E-state index contributed by atoms with van der Waals surface area (Å²) in [6.45, 7) is 6.29. The van der Waals surface area contributed by atoms with Gasteiger partial charge in [-0.1, -0.05) is 29.3 Å². The van der Waals surface area contributed by atoms with E-state index in [9.17, 15) is 9.90 Å². The monoisotopic (exact) mass is 382 g/mol. The van der Waals surface area contributed by atoms with Crippen molar-refractivity contribution in [2.75, 3.05) is 26.2 Å². The fraction of sp³-hybridized carbons (Fsp3) is 0.389. The van der Waals surface area contributed by atoms with E-state index in [0.717, 1.165) is 38.3 Å². The number of aromatic hydroxyl groups is 1. The predicted octanol–water partition coefficient (Wildman–Crippen LogP) is 3.28. The Labute approximate surface area is 156 Å². The first kappa shape index (κ1) is 18.3. The van der Waals surface area contributed by atoms with Crippen molar-refractivity contribution >= 4 is 23.2 Å². The SMILES string of the molecule is Cc1cc(=O)c(O)c(CN2CCN(Cc3ccc(Cl)cc3Cl)CC2)o1. The molecule has 1 fully saturated rings. The molecule has 5 nitrogen and oxygen atoms in total. The van der Waals surface area contributed by atoms with Gasteiger partial charge >= 0.3 is 0 Å². The summed E-state index contributed by atoms with van der Waals surface area (Å²) in [5.74, 6) is 0.550. The van der Waals surface area contributed by atoms with Crippen molar-refractivity contribution in [1.29, 1.82) is 0 Å². The molecular formula is C18H20Cl2N2O3. The molecule has 0 radical (unpaired) electrons. The van der Waals surface area contributed by atoms with Gasteiger partial charge in [-0.25, -0.2) is 0 Å². The van der Waals surface area contributed by atoms with Crippen LogP contribution in [0.15, 0.2) is 33.5 Å². The van der Waals surface area contributed by atoms with Crippen LogP contribution >= 0.6 is 23.2 Å². The second-order valence-electron chi connectivity index (χ2n) is 6.28. The van der Waals surface area contributed by atoms with Crippen LogP contribution in [0, 0.1) is 6.92 Å². The van der Waals surface area contributed by atoms with E-state index in [1.165, 1.54) is 6.07 Å². The number of piperazine rings is 1. The van der Waals surface area contributed by atoms with Gasteiger partial charge in [0.05, 0.1) is 6.54 Å². The van der Waals surface area contributed by atoms with Crippen LogP contribution in [0.5, 0.6) is 5.75 Å². The van der Waals surface area contributed by atoms with E-state index in [4.69, 9.17) is 27.6 Å². The molecular weight excluding hydrogens is 363 g/mol. The van der Waals surface area contributed by atoms with Crippen molar-refractivity contribution in [2.24, 2.45) is 0 Å². The van der Waals surface area contributed by atoms with Gasteiger partial charge in [0.15, 0.2) is 5.76 Å². The molecule has 0 saturated carbocycles. The van der Waals surface area contributed by atoms with Gasteiger partial charge in [-0.2, -0.15) is 0 Å². The lowest BCUT2D eigenvalue weighted by atomic mass is 10.2. The Bertz CT molecular complexity index is 814. The van der Waals surface area contributed by atoms with Crippen LogP contribution in [-0.4, -0.2) is 41.1 Å². The summed E-state index contributed by atoms with van der Waals surface area (Å²) >= 11 is 12.2. The Morgan fingerprint density at radius 1 is 1.08 bits per heavy atom. The van der Waals surface area contributed by atoms with Gasteiger partial charge < -0.3 is 9.52 Å². The third kappa shape index (κ3) is 4.55. The topological polar surface area (TPSA) is 56.9 Å². The molecule has 1 N–H and O–H groups in total. The van der Waals surface area contributed by atoms with Crippen LogP contribution in [0.2, 0.25) is 10.0 Å². The highest BCUT2D eigenvalue weighted by atomic mass is 35.5. The summed E-state index contributed by atoms with van der Waals surface area (Å²) in [6.07, 6.45) is 0. The van der Waals surface area contributed by atoms with Crippen molar-refractivity contribution in [2.45, 2.75) is 20.0 Å². The molecule has 1 aromatic carbocycles. The van der Waals surface area contributed by atoms with Crippen molar-refractivity contribution < 1.29 is 9.52 Å². The molecule has 1 aliphatic rings. The first-order valence-electron chi connectivity index (χ1n) is 8.13. The van der Waals surface area contributed by atoms with Crippen LogP contribution in [0.25, 0.3) is 0 Å². The molecule has 134 valence electrons. The maximum Gasteiger partial charge on any atom is 0.227 e. The molecule has 0 bridgehead atoms. The summed E-state index contributed by atoms with van der Waals surface area (Å²) in [4.78, 5) is 16.1. The smallest absolute Gasteiger partial charge is 0.227 e. The van der Waals surface area contributed by atoms with Crippen molar-refractivity contribution in [3.8, 4) is 5.75 Å². The maximum atomic E-state index is 11.7. The van der Waals surface area contributed by atoms with Gasteiger partial charge in [0, 0.05) is 48.8 Å². The summed E-state index contributed by atoms with van der Waals surface area (Å²) in [7, 11) is 0. The van der Waals surface area contributed by atoms with Gasteiger partial charge in [-0.3, -0.25) is 14.6 Å². The summed E-state index contributed by atoms with van der Waals surface area (Å²) < 4.78 is 5.51. The first-order valence-corrected chi connectivity index (χ1v) is 8.89. The number of rotatable bonds is 4. The van der Waals surface area contributed by atoms with E-state index >= 15 is 0 Å².